The minimum atomic E-state index is -3.84. The molecule has 0 unspecified atom stereocenters. The number of pyridine rings is 2. The smallest absolute Gasteiger partial charge is 0.283 e. The lowest BCUT2D eigenvalue weighted by atomic mass is 9.98. The Labute approximate surface area is 238 Å². The number of carbonyl (C=O) groups excluding carboxylic acids is 1. The second kappa shape index (κ2) is 11.5. The van der Waals surface area contributed by atoms with Crippen LogP contribution in [-0.4, -0.2) is 66.1 Å². The normalized spacial score (nSPS) is 14.5. The number of aromatic nitrogens is 4. The summed E-state index contributed by atoms with van der Waals surface area (Å²) in [5.74, 6) is -0.818. The van der Waals surface area contributed by atoms with Crippen molar-refractivity contribution < 1.29 is 22.3 Å². The van der Waals surface area contributed by atoms with Crippen LogP contribution in [0.2, 0.25) is 0 Å². The molecule has 0 atom stereocenters. The van der Waals surface area contributed by atoms with Crippen LogP contribution in [0.5, 0.6) is 0 Å². The van der Waals surface area contributed by atoms with E-state index in [4.69, 9.17) is 14.8 Å². The maximum Gasteiger partial charge on any atom is 0.283 e. The number of nitrogens with one attached hydrogen (secondary N) is 1. The third-order valence-electron chi connectivity index (χ3n) is 7.28. The van der Waals surface area contributed by atoms with E-state index in [1.54, 1.807) is 24.4 Å². The van der Waals surface area contributed by atoms with Gasteiger partial charge in [0.05, 0.1) is 22.5 Å². The molecule has 1 saturated heterocycles. The fourth-order valence-electron chi connectivity index (χ4n) is 4.96. The Morgan fingerprint density at radius 3 is 2.59 bits per heavy atom. The van der Waals surface area contributed by atoms with Gasteiger partial charge in [-0.05, 0) is 67.6 Å². The molecule has 0 saturated carbocycles. The molecule has 0 bridgehead atoms. The van der Waals surface area contributed by atoms with Crippen LogP contribution in [0.4, 0.5) is 10.2 Å². The van der Waals surface area contributed by atoms with Crippen molar-refractivity contribution in [3.63, 3.8) is 0 Å². The van der Waals surface area contributed by atoms with Crippen molar-refractivity contribution in [2.24, 2.45) is 0 Å². The van der Waals surface area contributed by atoms with Gasteiger partial charge in [-0.1, -0.05) is 19.9 Å². The van der Waals surface area contributed by atoms with Gasteiger partial charge in [0.15, 0.2) is 5.65 Å². The fraction of sp³-hybridized carbons (Fsp3) is 0.379. The topological polar surface area (TPSA) is 119 Å². The molecule has 0 radical (unpaired) electrons. The first-order valence-corrected chi connectivity index (χ1v) is 15.2. The summed E-state index contributed by atoms with van der Waals surface area (Å²) in [6.07, 6.45) is 3.57. The molecule has 10 nitrogen and oxygen atoms in total. The third kappa shape index (κ3) is 5.94. The first-order chi connectivity index (χ1) is 19.6. The van der Waals surface area contributed by atoms with Crippen LogP contribution in [0.25, 0.3) is 27.8 Å². The number of halogens is 1. The lowest BCUT2D eigenvalue weighted by Crippen LogP contribution is -2.37. The lowest BCUT2D eigenvalue weighted by Gasteiger charge is -2.32. The van der Waals surface area contributed by atoms with Gasteiger partial charge >= 0.3 is 0 Å². The number of amides is 1. The quantitative estimate of drug-likeness (QED) is 0.325. The van der Waals surface area contributed by atoms with Gasteiger partial charge in [0.1, 0.15) is 17.3 Å². The summed E-state index contributed by atoms with van der Waals surface area (Å²) in [5, 5.41) is 5.45. The molecule has 3 aromatic heterocycles. The van der Waals surface area contributed by atoms with E-state index in [0.717, 1.165) is 18.7 Å². The van der Waals surface area contributed by atoms with Crippen molar-refractivity contribution in [1.29, 1.82) is 0 Å². The van der Waals surface area contributed by atoms with E-state index in [-0.39, 0.29) is 17.4 Å². The van der Waals surface area contributed by atoms with E-state index in [1.807, 2.05) is 33.0 Å². The highest BCUT2D eigenvalue weighted by molar-refractivity contribution is 7.90. The minimum Gasteiger partial charge on any atom is -0.381 e. The molecular formula is C29H33FN6O4S. The van der Waals surface area contributed by atoms with Crippen molar-refractivity contribution >= 4 is 32.8 Å². The van der Waals surface area contributed by atoms with Crippen LogP contribution in [0.15, 0.2) is 48.7 Å². The Morgan fingerprint density at radius 1 is 1.20 bits per heavy atom. The van der Waals surface area contributed by atoms with Gasteiger partial charge in [-0.3, -0.25) is 4.79 Å². The number of sulfonamides is 1. The number of carbonyl (C=O) groups is 1. The maximum atomic E-state index is 14.2. The Kier molecular flexibility index (Phi) is 8.05. The molecule has 12 heteroatoms. The molecule has 1 fully saturated rings. The largest absolute Gasteiger partial charge is 0.381 e. The van der Waals surface area contributed by atoms with Gasteiger partial charge < -0.3 is 9.64 Å². The predicted molar refractivity (Wildman–Crippen MR) is 155 cm³/mol. The highest BCUT2D eigenvalue weighted by atomic mass is 32.2. The van der Waals surface area contributed by atoms with Gasteiger partial charge in [-0.2, -0.15) is 5.10 Å². The molecule has 4 heterocycles. The Hall–Kier alpha value is -3.90. The van der Waals surface area contributed by atoms with Crippen molar-refractivity contribution in [2.75, 3.05) is 30.9 Å². The third-order valence-corrected chi connectivity index (χ3v) is 8.54. The second-order valence-electron chi connectivity index (χ2n) is 10.4. The average Bonchev–Trinajstić information content (AvgIpc) is 3.37. The predicted octanol–water partition coefficient (Wildman–Crippen LogP) is 4.44. The highest BCUT2D eigenvalue weighted by Gasteiger charge is 2.25. The molecule has 1 aliphatic rings. The number of hydrogen-bond acceptors (Lipinski definition) is 8. The van der Waals surface area contributed by atoms with Gasteiger partial charge in [0, 0.05) is 38.1 Å². The summed E-state index contributed by atoms with van der Waals surface area (Å²) < 4.78 is 47.7. The monoisotopic (exact) mass is 580 g/mol. The fourth-order valence-corrected chi connectivity index (χ4v) is 5.49. The molecular weight excluding hydrogens is 547 g/mol. The molecule has 1 N–H and O–H groups in total. The summed E-state index contributed by atoms with van der Waals surface area (Å²) in [7, 11) is -1.83. The average molecular weight is 581 g/mol. The van der Waals surface area contributed by atoms with E-state index < -0.39 is 21.7 Å². The number of hydrogen-bond donors (Lipinski definition) is 1. The first kappa shape index (κ1) is 28.6. The van der Waals surface area contributed by atoms with Crippen LogP contribution in [0.1, 0.15) is 55.7 Å². The van der Waals surface area contributed by atoms with Crippen molar-refractivity contribution in [3.05, 3.63) is 65.9 Å². The van der Waals surface area contributed by atoms with E-state index >= 15 is 0 Å². The molecule has 41 heavy (non-hydrogen) atoms. The molecule has 1 aliphatic heterocycles. The van der Waals surface area contributed by atoms with E-state index in [9.17, 15) is 17.6 Å². The Morgan fingerprint density at radius 2 is 1.95 bits per heavy atom. The zero-order valence-corrected chi connectivity index (χ0v) is 24.3. The molecule has 0 spiro atoms. The standard InChI is InChI=1S/C29H33FN6O4S/c1-5-41(38,39)34-29(37)24-16-23(19-9-10-25(31-17-19)35(4)21-11-13-40-14-12-21)26-27(18(2)3)33-36(28(26)32-24)22-8-6-7-20(30)15-22/h6-10,15-18,21H,5,11-14H2,1-4H3,(H,34,37). The number of rotatable bonds is 8. The van der Waals surface area contributed by atoms with Gasteiger partial charge in [-0.25, -0.2) is 32.2 Å². The van der Waals surface area contributed by atoms with E-state index in [1.165, 1.54) is 23.7 Å². The van der Waals surface area contributed by atoms with Gasteiger partial charge in [0.2, 0.25) is 10.0 Å². The summed E-state index contributed by atoms with van der Waals surface area (Å²) in [5.41, 5.74) is 2.64. The molecule has 4 aromatic rings. The minimum absolute atomic E-state index is 0.0418. The molecule has 5 rings (SSSR count). The van der Waals surface area contributed by atoms with Crippen molar-refractivity contribution in [3.8, 4) is 16.8 Å². The van der Waals surface area contributed by atoms with Crippen molar-refractivity contribution in [2.45, 2.75) is 45.6 Å². The summed E-state index contributed by atoms with van der Waals surface area (Å²) in [6, 6.07) is 11.6. The zero-order chi connectivity index (χ0) is 29.3. The van der Waals surface area contributed by atoms with Gasteiger partial charge in [-0.15, -0.1) is 0 Å². The molecule has 1 amide bonds. The summed E-state index contributed by atoms with van der Waals surface area (Å²) in [6.45, 7) is 6.85. The lowest BCUT2D eigenvalue weighted by molar-refractivity contribution is 0.0853. The number of nitrogens with zero attached hydrogens (tertiary/aromatic N) is 5. The summed E-state index contributed by atoms with van der Waals surface area (Å²) in [4.78, 5) is 24.6. The highest BCUT2D eigenvalue weighted by Crippen LogP contribution is 2.36. The van der Waals surface area contributed by atoms with Crippen LogP contribution >= 0.6 is 0 Å². The first-order valence-electron chi connectivity index (χ1n) is 13.6. The second-order valence-corrected chi connectivity index (χ2v) is 12.4. The number of fused-ring (bicyclic) bond motifs is 1. The van der Waals surface area contributed by atoms with Crippen LogP contribution < -0.4 is 9.62 Å². The molecule has 0 aliphatic carbocycles. The van der Waals surface area contributed by atoms with Crippen LogP contribution in [-0.2, 0) is 14.8 Å². The molecule has 216 valence electrons. The van der Waals surface area contributed by atoms with Crippen LogP contribution in [0.3, 0.4) is 0 Å². The van der Waals surface area contributed by atoms with Crippen LogP contribution in [0, 0.1) is 5.82 Å². The Balaban J connectivity index is 1.69. The number of ether oxygens (including phenoxy) is 1. The Bertz CT molecular complexity index is 1680. The zero-order valence-electron chi connectivity index (χ0n) is 23.5. The van der Waals surface area contributed by atoms with Gasteiger partial charge in [0.25, 0.3) is 5.91 Å². The maximum absolute atomic E-state index is 14.2. The van der Waals surface area contributed by atoms with E-state index in [2.05, 4.69) is 14.6 Å². The van der Waals surface area contributed by atoms with E-state index in [0.29, 0.717) is 52.8 Å². The SMILES string of the molecule is CCS(=O)(=O)NC(=O)c1cc(-c2ccc(N(C)C3CCOCC3)nc2)c2c(C(C)C)nn(-c3cccc(F)c3)c2n1. The summed E-state index contributed by atoms with van der Waals surface area (Å²) >= 11 is 0. The number of anilines is 1. The number of benzene rings is 1. The van der Waals surface area contributed by atoms with Crippen molar-refractivity contribution in [1.82, 2.24) is 24.5 Å². The molecule has 1 aromatic carbocycles.